The molecule has 7 heterocycles. The van der Waals surface area contributed by atoms with Crippen molar-refractivity contribution in [3.63, 3.8) is 0 Å². The number of rotatable bonds is 16. The van der Waals surface area contributed by atoms with Crippen LogP contribution in [-0.2, 0) is 102 Å². The molecule has 15 atom stereocenters. The van der Waals surface area contributed by atoms with E-state index >= 15 is 0 Å². The first kappa shape index (κ1) is 80.9. The van der Waals surface area contributed by atoms with Gasteiger partial charge in [-0.25, -0.2) is 9.59 Å². The van der Waals surface area contributed by atoms with Crippen LogP contribution in [0.1, 0.15) is 108 Å². The number of ether oxygens (including phenoxy) is 2. The number of carbonyl (C=O) groups is 14. The maximum atomic E-state index is 14.6. The second-order valence-corrected chi connectivity index (χ2v) is 29.7. The average molecular weight is 1500 g/mol. The minimum atomic E-state index is -1.48. The number of likely N-dealkylation sites (N-methyl/N-ethyl adjacent to an activating group) is 1. The smallest absolute Gasteiger partial charge is 0.328 e. The van der Waals surface area contributed by atoms with Crippen LogP contribution in [0.5, 0.6) is 0 Å². The Balaban J connectivity index is 0.000000232. The molecule has 0 aliphatic carbocycles. The third kappa shape index (κ3) is 20.6. The van der Waals surface area contributed by atoms with Gasteiger partial charge in [-0.15, -0.1) is 0 Å². The Bertz CT molecular complexity index is 3950. The number of hydrogen-bond donors (Lipinski definition) is 8. The summed E-state index contributed by atoms with van der Waals surface area (Å²) in [7, 11) is 1.41. The normalized spacial score (nSPS) is 27.2. The molecule has 4 aromatic carbocycles. The SMILES string of the molecule is C[C@@H]1C[C@H]2C(=O)OC[C@H](NC(=O)[C@H](Cc3ccccc3)NC(=O)Cc3ccccc3)C(=O)N3CC(N)C[C@H]3C(=O)N3CCCC[C@H]3C(=O)N[C@@H](C)C(=O)N2C1.C[C@@H]1C[C@H]2C(=O)OC[C@H](NC(=O)[C@H](Cc3ccccc3)NC(=O)Cc3ccccc3)C(=O)N3CCC[C@H]3C(=O)N(C)[C@@H](CCO)C(=O)N[C@@H](C)C(=O)N2C1. The van der Waals surface area contributed by atoms with Crippen LogP contribution in [0.15, 0.2) is 121 Å². The Labute approximate surface area is 633 Å². The molecule has 0 bridgehead atoms. The van der Waals surface area contributed by atoms with Crippen LogP contribution >= 0.6 is 0 Å². The van der Waals surface area contributed by atoms with Gasteiger partial charge in [-0.05, 0) is 106 Å². The molecule has 7 aliphatic heterocycles. The van der Waals surface area contributed by atoms with Crippen molar-refractivity contribution in [1.29, 1.82) is 0 Å². The molecular formula is C79H101N13O17. The Hall–Kier alpha value is -10.6. The number of aliphatic hydroxyl groups excluding tert-OH is 1. The van der Waals surface area contributed by atoms with E-state index in [1.807, 2.05) is 74.5 Å². The number of hydrogen-bond acceptors (Lipinski definition) is 18. The van der Waals surface area contributed by atoms with Gasteiger partial charge in [-0.2, -0.15) is 0 Å². The fraction of sp³-hybridized carbons (Fsp3) is 0.519. The van der Waals surface area contributed by atoms with Crippen LogP contribution in [0.2, 0.25) is 0 Å². The standard InChI is InChI=1S/C40H51N7O8.C39H50N6O9/c1-24-17-33-40(54)55-23-30(44-35(49)29(18-26-11-5-3-6-12-26)43-34(48)19-27-13-7-4-8-14-27)38(52)47-22-28(41)20-32(47)39(53)45-16-10-9-15-31(45)36(50)42-25(2)37(51)46(33)21-24;1-24-19-32-39(53)54-23-29(42-34(48)28(20-26-11-6-4-7-12-26)41-33(47)21-27-13-8-5-9-14-27)37(51)44-17-10-15-31(44)38(52)43(3)30(16-18-46)35(49)40-25(2)36(50)45(32)22-24/h3-8,11-14,24-25,28-33H,9-10,15-23,41H2,1-2H3,(H,42,50)(H,43,48)(H,44,49);4-9,11-14,24-25,28-32,46H,10,15-23H2,1-3H3,(H,40,49)(H,41,47)(H,42,48)/t24-,25+,28?,29+,30+,31+,32+,33+;24-,25+,28+,29+,30+,31+,32+/m11/s1. The Morgan fingerprint density at radius 1 is 0.477 bits per heavy atom. The number of benzene rings is 4. The highest BCUT2D eigenvalue weighted by atomic mass is 16.5. The number of nitrogens with zero attached hydrogens (tertiary/aromatic N) is 6. The van der Waals surface area contributed by atoms with E-state index in [0.29, 0.717) is 32.1 Å². The van der Waals surface area contributed by atoms with Gasteiger partial charge in [0.25, 0.3) is 0 Å². The van der Waals surface area contributed by atoms with Crippen LogP contribution in [0.25, 0.3) is 0 Å². The van der Waals surface area contributed by atoms with Crippen molar-refractivity contribution in [2.75, 3.05) is 59.6 Å². The maximum Gasteiger partial charge on any atom is 0.328 e. The van der Waals surface area contributed by atoms with Gasteiger partial charge < -0.3 is 81.6 Å². The van der Waals surface area contributed by atoms with Gasteiger partial charge in [0.15, 0.2) is 0 Å². The first-order valence-corrected chi connectivity index (χ1v) is 37.7. The van der Waals surface area contributed by atoms with Gasteiger partial charge in [0.1, 0.15) is 85.7 Å². The van der Waals surface area contributed by atoms with Gasteiger partial charge in [-0.3, -0.25) is 57.5 Å². The lowest BCUT2D eigenvalue weighted by molar-refractivity contribution is -0.158. The number of nitrogens with one attached hydrogen (secondary N) is 6. The summed E-state index contributed by atoms with van der Waals surface area (Å²) in [6.45, 7) is 6.07. The molecule has 109 heavy (non-hydrogen) atoms. The van der Waals surface area contributed by atoms with Crippen molar-refractivity contribution in [1.82, 2.24) is 61.3 Å². The molecule has 30 nitrogen and oxygen atoms in total. The van der Waals surface area contributed by atoms with Crippen LogP contribution in [-0.4, -0.2) is 255 Å². The summed E-state index contributed by atoms with van der Waals surface area (Å²) in [4.78, 5) is 202. The second-order valence-electron chi connectivity index (χ2n) is 29.7. The molecule has 0 saturated carbocycles. The minimum Gasteiger partial charge on any atom is -0.461 e. The summed E-state index contributed by atoms with van der Waals surface area (Å²) in [5, 5.41) is 26.3. The number of carbonyl (C=O) groups excluding carboxylic acids is 14. The van der Waals surface area contributed by atoms with E-state index in [0.717, 1.165) is 22.3 Å². The maximum absolute atomic E-state index is 14.6. The van der Waals surface area contributed by atoms with Crippen LogP contribution in [0, 0.1) is 11.8 Å². The molecule has 12 amide bonds. The van der Waals surface area contributed by atoms with Crippen molar-refractivity contribution in [2.24, 2.45) is 17.6 Å². The molecule has 7 aliphatic rings. The molecule has 0 radical (unpaired) electrons. The van der Waals surface area contributed by atoms with Crippen molar-refractivity contribution in [3.8, 4) is 0 Å². The van der Waals surface area contributed by atoms with Gasteiger partial charge in [0.2, 0.25) is 70.9 Å². The molecule has 7 fully saturated rings. The molecule has 7 saturated heterocycles. The van der Waals surface area contributed by atoms with Crippen molar-refractivity contribution in [2.45, 2.75) is 190 Å². The monoisotopic (exact) mass is 1500 g/mol. The number of fused-ring (bicyclic) bond motifs is 5. The van der Waals surface area contributed by atoms with Crippen molar-refractivity contribution in [3.05, 3.63) is 144 Å². The van der Waals surface area contributed by atoms with E-state index in [2.05, 4.69) is 31.9 Å². The van der Waals surface area contributed by atoms with E-state index in [1.165, 1.54) is 43.4 Å². The Morgan fingerprint density at radius 3 is 1.36 bits per heavy atom. The van der Waals surface area contributed by atoms with E-state index in [4.69, 9.17) is 15.2 Å². The second kappa shape index (κ2) is 37.5. The summed E-state index contributed by atoms with van der Waals surface area (Å²) in [6, 6.07) is 22.3. The summed E-state index contributed by atoms with van der Waals surface area (Å²) in [5.41, 5.74) is 9.35. The van der Waals surface area contributed by atoms with Crippen molar-refractivity contribution >= 4 is 82.8 Å². The zero-order chi connectivity index (χ0) is 78.2. The summed E-state index contributed by atoms with van der Waals surface area (Å²) < 4.78 is 11.4. The summed E-state index contributed by atoms with van der Waals surface area (Å²) in [5.74, 6) is -8.49. The first-order chi connectivity index (χ1) is 52.3. The minimum absolute atomic E-state index is 0.00736. The summed E-state index contributed by atoms with van der Waals surface area (Å²) >= 11 is 0. The van der Waals surface area contributed by atoms with Crippen molar-refractivity contribution < 1.29 is 81.7 Å². The molecule has 11 rings (SSSR count). The molecule has 1 unspecified atom stereocenters. The quantitative estimate of drug-likeness (QED) is 0.0684. The zero-order valence-corrected chi connectivity index (χ0v) is 62.3. The fourth-order valence-corrected chi connectivity index (χ4v) is 15.6. The summed E-state index contributed by atoms with van der Waals surface area (Å²) in [6.07, 6.45) is 3.20. The number of amides is 12. The van der Waals surface area contributed by atoms with Gasteiger partial charge in [-0.1, -0.05) is 135 Å². The largest absolute Gasteiger partial charge is 0.461 e. The Morgan fingerprint density at radius 2 is 0.890 bits per heavy atom. The van der Waals surface area contributed by atoms with E-state index in [9.17, 15) is 72.2 Å². The number of nitrogens with two attached hydrogens (primary N) is 1. The highest BCUT2D eigenvalue weighted by Gasteiger charge is 2.50. The highest BCUT2D eigenvalue weighted by molar-refractivity contribution is 6.00. The van der Waals surface area contributed by atoms with Crippen LogP contribution in [0.3, 0.4) is 0 Å². The molecule has 9 N–H and O–H groups in total. The number of esters is 2. The predicted molar refractivity (Wildman–Crippen MR) is 394 cm³/mol. The van der Waals surface area contributed by atoms with E-state index in [1.54, 1.807) is 67.6 Å². The first-order valence-electron chi connectivity index (χ1n) is 37.7. The van der Waals surface area contributed by atoms with E-state index in [-0.39, 0.29) is 95.9 Å². The van der Waals surface area contributed by atoms with E-state index < -0.39 is 181 Å². The third-order valence-corrected chi connectivity index (χ3v) is 21.2. The van der Waals surface area contributed by atoms with Gasteiger partial charge >= 0.3 is 11.9 Å². The number of cyclic esters (lactones) is 2. The number of piperidine rings is 1. The third-order valence-electron chi connectivity index (χ3n) is 21.2. The van der Waals surface area contributed by atoms with Crippen LogP contribution < -0.4 is 37.6 Å². The van der Waals surface area contributed by atoms with Crippen LogP contribution in [0.4, 0.5) is 0 Å². The average Bonchev–Trinajstić information content (AvgIpc) is 1.76. The number of aliphatic hydroxyl groups is 1. The predicted octanol–water partition coefficient (Wildman–Crippen LogP) is -0.0105. The topological polar surface area (TPSA) is 395 Å². The molecule has 584 valence electrons. The fourth-order valence-electron chi connectivity index (χ4n) is 15.6. The molecule has 0 aromatic heterocycles. The lowest BCUT2D eigenvalue weighted by atomic mass is 9.99. The molecule has 30 heteroatoms. The van der Waals surface area contributed by atoms with Gasteiger partial charge in [0.05, 0.1) is 12.8 Å². The molecular weight excluding hydrogens is 1400 g/mol. The highest BCUT2D eigenvalue weighted by Crippen LogP contribution is 2.30. The molecule has 4 aromatic rings. The lowest BCUT2D eigenvalue weighted by Gasteiger charge is -2.39. The molecule has 0 spiro atoms. The Kier molecular flexibility index (Phi) is 27.8. The lowest BCUT2D eigenvalue weighted by Crippen LogP contribution is -2.62. The zero-order valence-electron chi connectivity index (χ0n) is 62.3. The van der Waals surface area contributed by atoms with Gasteiger partial charge in [0, 0.05) is 65.3 Å².